The van der Waals surface area contributed by atoms with Gasteiger partial charge in [0.2, 0.25) is 5.95 Å². The zero-order valence-corrected chi connectivity index (χ0v) is 19.0. The summed E-state index contributed by atoms with van der Waals surface area (Å²) < 4.78 is 16.1. The van der Waals surface area contributed by atoms with Gasteiger partial charge in [0.1, 0.15) is 17.5 Å². The summed E-state index contributed by atoms with van der Waals surface area (Å²) in [6.07, 6.45) is 11.1. The Bertz CT molecular complexity index is 1420. The number of rotatable bonds is 5. The van der Waals surface area contributed by atoms with Gasteiger partial charge in [-0.25, -0.2) is 14.2 Å². The molecule has 3 heterocycles. The third-order valence-electron chi connectivity index (χ3n) is 4.82. The van der Waals surface area contributed by atoms with Crippen molar-refractivity contribution in [2.24, 2.45) is 4.36 Å². The van der Waals surface area contributed by atoms with Crippen LogP contribution < -0.4 is 16.0 Å². The lowest BCUT2D eigenvalue weighted by Crippen LogP contribution is -2.24. The predicted octanol–water partition coefficient (Wildman–Crippen LogP) is 3.22. The standard InChI is InChI=1S/C23H22N8OS/c1-4-15-10-18(11-16-13-25-9-8-19(15)16)27-23-26-14-17(12-24)22(30-23)29-20-6-5-7-21(28-20)31-33(2,3)32/h1,5-7,10-11,14,25H,8-9,13H2,2-3H3,(H2,26,27,28,29,30). The van der Waals surface area contributed by atoms with Gasteiger partial charge in [0.15, 0.2) is 11.6 Å². The summed E-state index contributed by atoms with van der Waals surface area (Å²) >= 11 is 0. The third kappa shape index (κ3) is 5.44. The van der Waals surface area contributed by atoms with Gasteiger partial charge in [-0.2, -0.15) is 14.6 Å². The number of pyridine rings is 1. The fourth-order valence-corrected chi connectivity index (χ4v) is 4.01. The van der Waals surface area contributed by atoms with Crippen molar-refractivity contribution >= 4 is 38.8 Å². The maximum Gasteiger partial charge on any atom is 0.229 e. The maximum atomic E-state index is 12.0. The third-order valence-corrected chi connectivity index (χ3v) is 5.45. The highest BCUT2D eigenvalue weighted by atomic mass is 32.2. The van der Waals surface area contributed by atoms with E-state index in [0.29, 0.717) is 17.6 Å². The Morgan fingerprint density at radius 3 is 2.82 bits per heavy atom. The number of benzene rings is 1. The van der Waals surface area contributed by atoms with Crippen LogP contribution in [0.3, 0.4) is 0 Å². The van der Waals surface area contributed by atoms with E-state index in [1.807, 2.05) is 12.1 Å². The molecule has 0 atom stereocenters. The SMILES string of the molecule is C#Cc1cc(Nc2ncc(C#N)c(Nc3cccc(N=S(C)(C)=O)n3)n2)cc2c1CCNC2. The molecule has 0 bridgehead atoms. The summed E-state index contributed by atoms with van der Waals surface area (Å²) in [5, 5.41) is 19.0. The van der Waals surface area contributed by atoms with Crippen molar-refractivity contribution in [3.63, 3.8) is 0 Å². The van der Waals surface area contributed by atoms with Crippen molar-refractivity contribution < 1.29 is 4.21 Å². The summed E-state index contributed by atoms with van der Waals surface area (Å²) in [7, 11) is -2.36. The van der Waals surface area contributed by atoms with E-state index >= 15 is 0 Å². The number of fused-ring (bicyclic) bond motifs is 1. The number of nitrogens with one attached hydrogen (secondary N) is 3. The van der Waals surface area contributed by atoms with Gasteiger partial charge in [0, 0.05) is 40.0 Å². The molecule has 1 aliphatic heterocycles. The Morgan fingerprint density at radius 1 is 1.21 bits per heavy atom. The Kier molecular flexibility index (Phi) is 6.22. The summed E-state index contributed by atoms with van der Waals surface area (Å²) in [4.78, 5) is 13.0. The molecule has 0 amide bonds. The molecular weight excluding hydrogens is 436 g/mol. The minimum atomic E-state index is -2.36. The van der Waals surface area contributed by atoms with Crippen LogP contribution in [0.15, 0.2) is 40.9 Å². The number of hydrogen-bond donors (Lipinski definition) is 3. The smallest absolute Gasteiger partial charge is 0.229 e. The van der Waals surface area contributed by atoms with E-state index in [1.54, 1.807) is 18.2 Å². The monoisotopic (exact) mass is 458 g/mol. The molecular formula is C23H22N8OS. The second-order valence-electron chi connectivity index (χ2n) is 7.70. The molecule has 166 valence electrons. The molecule has 9 nitrogen and oxygen atoms in total. The first-order valence-electron chi connectivity index (χ1n) is 10.1. The van der Waals surface area contributed by atoms with Crippen LogP contribution in [-0.4, -0.2) is 38.2 Å². The highest BCUT2D eigenvalue weighted by Crippen LogP contribution is 2.26. The minimum absolute atomic E-state index is 0.249. The van der Waals surface area contributed by atoms with Gasteiger partial charge in [-0.05, 0) is 48.4 Å². The lowest BCUT2D eigenvalue weighted by atomic mass is 9.95. The largest absolute Gasteiger partial charge is 0.324 e. The van der Waals surface area contributed by atoms with E-state index in [1.165, 1.54) is 24.3 Å². The zero-order valence-electron chi connectivity index (χ0n) is 18.2. The normalized spacial score (nSPS) is 12.7. The van der Waals surface area contributed by atoms with Crippen LogP contribution in [0.4, 0.5) is 29.1 Å². The van der Waals surface area contributed by atoms with Gasteiger partial charge < -0.3 is 16.0 Å². The molecule has 0 aliphatic carbocycles. The number of nitriles is 1. The first-order chi connectivity index (χ1) is 15.8. The summed E-state index contributed by atoms with van der Waals surface area (Å²) in [5.41, 5.74) is 4.18. The van der Waals surface area contributed by atoms with E-state index in [-0.39, 0.29) is 11.4 Å². The van der Waals surface area contributed by atoms with Crippen LogP contribution in [0.5, 0.6) is 0 Å². The molecule has 1 aliphatic rings. The van der Waals surface area contributed by atoms with E-state index in [2.05, 4.69) is 47.3 Å². The molecule has 0 fully saturated rings. The molecule has 2 aromatic heterocycles. The number of hydrogen-bond acceptors (Lipinski definition) is 9. The van der Waals surface area contributed by atoms with Gasteiger partial charge in [-0.3, -0.25) is 0 Å². The fourth-order valence-electron chi connectivity index (χ4n) is 3.46. The predicted molar refractivity (Wildman–Crippen MR) is 129 cm³/mol. The number of nitrogens with zero attached hydrogens (tertiary/aromatic N) is 5. The first kappa shape index (κ1) is 22.2. The molecule has 4 rings (SSSR count). The highest BCUT2D eigenvalue weighted by molar-refractivity contribution is 7.92. The molecule has 33 heavy (non-hydrogen) atoms. The van der Waals surface area contributed by atoms with Gasteiger partial charge in [0.25, 0.3) is 0 Å². The second kappa shape index (κ2) is 9.25. The van der Waals surface area contributed by atoms with E-state index < -0.39 is 9.73 Å². The first-order valence-corrected chi connectivity index (χ1v) is 12.5. The van der Waals surface area contributed by atoms with Gasteiger partial charge in [0.05, 0.1) is 6.20 Å². The van der Waals surface area contributed by atoms with Crippen molar-refractivity contribution in [3.05, 3.63) is 58.8 Å². The van der Waals surface area contributed by atoms with Gasteiger partial charge in [-0.1, -0.05) is 12.0 Å². The Balaban J connectivity index is 1.64. The summed E-state index contributed by atoms with van der Waals surface area (Å²) in [5.74, 6) is 4.08. The molecule has 0 saturated carbocycles. The van der Waals surface area contributed by atoms with Crippen LogP contribution in [-0.2, 0) is 22.7 Å². The molecule has 10 heteroatoms. The topological polar surface area (TPSA) is 128 Å². The van der Waals surface area contributed by atoms with Crippen LogP contribution in [0.2, 0.25) is 0 Å². The molecule has 3 aromatic rings. The Morgan fingerprint density at radius 2 is 2.06 bits per heavy atom. The molecule has 0 saturated heterocycles. The van der Waals surface area contributed by atoms with Gasteiger partial charge in [-0.15, -0.1) is 6.42 Å². The van der Waals surface area contributed by atoms with Crippen LogP contribution in [0.25, 0.3) is 0 Å². The van der Waals surface area contributed by atoms with E-state index in [4.69, 9.17) is 6.42 Å². The second-order valence-corrected chi connectivity index (χ2v) is 10.2. The summed E-state index contributed by atoms with van der Waals surface area (Å²) in [6, 6.07) is 11.1. The van der Waals surface area contributed by atoms with Crippen molar-refractivity contribution in [1.82, 2.24) is 20.3 Å². The van der Waals surface area contributed by atoms with E-state index in [9.17, 15) is 9.47 Å². The van der Waals surface area contributed by atoms with Crippen molar-refractivity contribution in [2.75, 3.05) is 29.7 Å². The van der Waals surface area contributed by atoms with Crippen molar-refractivity contribution in [1.29, 1.82) is 5.26 Å². The lowest BCUT2D eigenvalue weighted by molar-refractivity contribution is 0.643. The van der Waals surface area contributed by atoms with Crippen molar-refractivity contribution in [3.8, 4) is 18.4 Å². The van der Waals surface area contributed by atoms with Crippen molar-refractivity contribution in [2.45, 2.75) is 13.0 Å². The highest BCUT2D eigenvalue weighted by Gasteiger charge is 2.15. The number of terminal acetylenes is 1. The van der Waals surface area contributed by atoms with Crippen LogP contribution in [0.1, 0.15) is 22.3 Å². The molecule has 3 N–H and O–H groups in total. The molecule has 0 unspecified atom stereocenters. The number of anilines is 4. The summed E-state index contributed by atoms with van der Waals surface area (Å²) in [6.45, 7) is 1.65. The average molecular weight is 459 g/mol. The van der Waals surface area contributed by atoms with Crippen LogP contribution in [0, 0.1) is 23.7 Å². The molecule has 0 spiro atoms. The zero-order chi connectivity index (χ0) is 23.4. The minimum Gasteiger partial charge on any atom is -0.324 e. The number of aromatic nitrogens is 3. The quantitative estimate of drug-likeness (QED) is 0.497. The lowest BCUT2D eigenvalue weighted by Gasteiger charge is -2.20. The van der Waals surface area contributed by atoms with E-state index in [0.717, 1.165) is 36.3 Å². The molecule has 1 aromatic carbocycles. The fraction of sp³-hybridized carbons (Fsp3) is 0.217. The maximum absolute atomic E-state index is 12.0. The Labute approximate surface area is 192 Å². The van der Waals surface area contributed by atoms with Crippen LogP contribution >= 0.6 is 0 Å². The average Bonchev–Trinajstić information content (AvgIpc) is 2.78. The van der Waals surface area contributed by atoms with Gasteiger partial charge >= 0.3 is 0 Å². The Hall–Kier alpha value is -3.99. The molecule has 0 radical (unpaired) electrons.